The molecule has 0 aliphatic rings. The first-order chi connectivity index (χ1) is 17.2. The summed E-state index contributed by atoms with van der Waals surface area (Å²) < 4.78 is 7.16. The summed E-state index contributed by atoms with van der Waals surface area (Å²) in [7, 11) is 0. The first-order valence-electron chi connectivity index (χ1n) is 13.7. The van der Waals surface area contributed by atoms with Crippen LogP contribution in [0.2, 0.25) is 5.02 Å². The van der Waals surface area contributed by atoms with E-state index in [4.69, 9.17) is 16.6 Å². The molecule has 0 amide bonds. The number of rotatable bonds is 17. The highest BCUT2D eigenvalue weighted by Gasteiger charge is 2.22. The van der Waals surface area contributed by atoms with E-state index in [0.29, 0.717) is 0 Å². The van der Waals surface area contributed by atoms with Crippen LogP contribution in [0, 0.1) is 0 Å². The molecule has 0 fully saturated rings. The molecule has 4 nitrogen and oxygen atoms in total. The second kappa shape index (κ2) is 17.4. The van der Waals surface area contributed by atoms with Crippen molar-refractivity contribution in [2.24, 2.45) is 0 Å². The van der Waals surface area contributed by atoms with Gasteiger partial charge in [0.2, 0.25) is 5.82 Å². The maximum absolute atomic E-state index is 6.01. The molecule has 6 heteroatoms. The summed E-state index contributed by atoms with van der Waals surface area (Å²) in [5.41, 5.74) is 1.18. The molecule has 0 atom stereocenters. The van der Waals surface area contributed by atoms with Crippen LogP contribution >= 0.6 is 11.6 Å². The fourth-order valence-electron chi connectivity index (χ4n) is 4.56. The molecule has 0 N–H and O–H groups in total. The summed E-state index contributed by atoms with van der Waals surface area (Å²) in [5, 5.41) is 0.777. The largest absolute Gasteiger partial charge is 1.00 e. The van der Waals surface area contributed by atoms with Crippen LogP contribution in [0.5, 0.6) is 0 Å². The smallest absolute Gasteiger partial charge is 0.260 e. The van der Waals surface area contributed by atoms with Gasteiger partial charge in [0, 0.05) is 24.0 Å². The monoisotopic (exact) mass is 530 g/mol. The molecule has 0 unspecified atom stereocenters. The summed E-state index contributed by atoms with van der Waals surface area (Å²) in [6.07, 6.45) is 26.9. The summed E-state index contributed by atoms with van der Waals surface area (Å²) in [4.78, 5) is 4.83. The first-order valence-corrected chi connectivity index (χ1v) is 14.1. The van der Waals surface area contributed by atoms with E-state index in [-0.39, 0.29) is 12.4 Å². The van der Waals surface area contributed by atoms with E-state index in [1.54, 1.807) is 0 Å². The Labute approximate surface area is 229 Å². The minimum absolute atomic E-state index is 0. The molecule has 2 heterocycles. The van der Waals surface area contributed by atoms with Gasteiger partial charge in [-0.15, -0.1) is 0 Å². The maximum Gasteiger partial charge on any atom is 0.260 e. The Morgan fingerprint density at radius 2 is 1.39 bits per heavy atom. The molecule has 0 aliphatic carbocycles. The third-order valence-corrected chi connectivity index (χ3v) is 6.86. The van der Waals surface area contributed by atoms with Crippen LogP contribution in [0.4, 0.5) is 0 Å². The van der Waals surface area contributed by atoms with E-state index < -0.39 is 0 Å². The fraction of sp³-hybridized carbons (Fsp3) is 0.533. The molecule has 0 radical (unpaired) electrons. The zero-order valence-electron chi connectivity index (χ0n) is 22.2. The van der Waals surface area contributed by atoms with Crippen LogP contribution in [0.3, 0.4) is 0 Å². The highest BCUT2D eigenvalue weighted by Crippen LogP contribution is 2.22. The van der Waals surface area contributed by atoms with Crippen molar-refractivity contribution in [1.29, 1.82) is 0 Å². The third kappa shape index (κ3) is 9.78. The Bertz CT molecular complexity index is 1000. The van der Waals surface area contributed by atoms with Gasteiger partial charge in [-0.05, 0) is 37.0 Å². The zero-order chi connectivity index (χ0) is 24.7. The topological polar surface area (TPSA) is 27.7 Å². The molecule has 1 aromatic carbocycles. The number of halogens is 2. The lowest BCUT2D eigenvalue weighted by atomic mass is 10.1. The second-order valence-electron chi connectivity index (χ2n) is 9.52. The van der Waals surface area contributed by atoms with Gasteiger partial charge >= 0.3 is 0 Å². The molecular weight excluding hydrogens is 487 g/mol. The molecule has 2 aromatic heterocycles. The van der Waals surface area contributed by atoms with E-state index in [1.807, 2.05) is 18.3 Å². The van der Waals surface area contributed by atoms with Gasteiger partial charge in [0.15, 0.2) is 12.4 Å². The molecule has 0 saturated heterocycles. The maximum atomic E-state index is 6.01. The summed E-state index contributed by atoms with van der Waals surface area (Å²) in [6, 6.07) is 8.00. The average Bonchev–Trinajstić information content (AvgIpc) is 3.49. The van der Waals surface area contributed by atoms with Crippen LogP contribution in [0.25, 0.3) is 17.7 Å². The summed E-state index contributed by atoms with van der Waals surface area (Å²) in [6.45, 7) is 7.57. The van der Waals surface area contributed by atoms with Gasteiger partial charge in [-0.25, -0.2) is 14.1 Å². The number of benzene rings is 1. The van der Waals surface area contributed by atoms with Gasteiger partial charge in [-0.1, -0.05) is 101 Å². The zero-order valence-corrected chi connectivity index (χ0v) is 23.7. The number of unbranched alkanes of at least 4 members (excludes halogenated alkanes) is 8. The Balaban J connectivity index is 0.00000456. The Hall–Kier alpha value is -2.04. The lowest BCUT2D eigenvalue weighted by molar-refractivity contribution is -0.00000733. The van der Waals surface area contributed by atoms with Crippen LogP contribution < -0.4 is 12.4 Å². The number of hydrogen-bond acceptors (Lipinski definition) is 1. The van der Waals surface area contributed by atoms with Gasteiger partial charge in [0.1, 0.15) is 0 Å². The van der Waals surface area contributed by atoms with Gasteiger partial charge in [-0.2, -0.15) is 0 Å². The van der Waals surface area contributed by atoms with Gasteiger partial charge in [0.25, 0.3) is 5.82 Å². The van der Waals surface area contributed by atoms with Crippen molar-refractivity contribution in [1.82, 2.24) is 18.7 Å². The third-order valence-electron chi connectivity index (χ3n) is 6.61. The lowest BCUT2D eigenvalue weighted by Crippen LogP contribution is -3.00. The van der Waals surface area contributed by atoms with Crippen molar-refractivity contribution < 1.29 is 12.4 Å². The minimum atomic E-state index is 0. The molecule has 36 heavy (non-hydrogen) atoms. The summed E-state index contributed by atoms with van der Waals surface area (Å²) >= 11 is 6.01. The highest BCUT2D eigenvalue weighted by molar-refractivity contribution is 6.30. The van der Waals surface area contributed by atoms with Crippen molar-refractivity contribution in [3.05, 3.63) is 65.7 Å². The number of nitrogens with zero attached hydrogens (tertiary/aromatic N) is 4. The van der Waals surface area contributed by atoms with Crippen LogP contribution in [-0.2, 0) is 19.6 Å². The van der Waals surface area contributed by atoms with E-state index in [1.165, 1.54) is 75.6 Å². The normalized spacial score (nSPS) is 11.3. The molecule has 0 aliphatic heterocycles. The van der Waals surface area contributed by atoms with Gasteiger partial charge in [-0.3, -0.25) is 0 Å². The van der Waals surface area contributed by atoms with Crippen LogP contribution in [0.1, 0.15) is 90.0 Å². The SMILES string of the molecule is CCCCCCCn1ccnc1-[c+]1n(CC/C=C/c2ccc(Cl)cc2)ccn1CCCCCCC.[Cl-]. The van der Waals surface area contributed by atoms with Crippen molar-refractivity contribution in [2.45, 2.75) is 104 Å². The molecule has 198 valence electrons. The number of allylic oxidation sites excluding steroid dienone is 1. The van der Waals surface area contributed by atoms with E-state index in [2.05, 4.69) is 70.4 Å². The van der Waals surface area contributed by atoms with E-state index in [0.717, 1.165) is 36.9 Å². The van der Waals surface area contributed by atoms with Gasteiger partial charge < -0.3 is 17.0 Å². The number of imidazole rings is 2. The second-order valence-corrected chi connectivity index (χ2v) is 9.96. The van der Waals surface area contributed by atoms with Crippen molar-refractivity contribution >= 4 is 17.7 Å². The predicted molar refractivity (Wildman–Crippen MR) is 151 cm³/mol. The average molecular weight is 532 g/mol. The Morgan fingerprint density at radius 1 is 0.778 bits per heavy atom. The Kier molecular flexibility index (Phi) is 14.6. The van der Waals surface area contributed by atoms with Gasteiger partial charge in [0.05, 0.1) is 13.1 Å². The van der Waals surface area contributed by atoms with E-state index >= 15 is 0 Å². The highest BCUT2D eigenvalue weighted by atomic mass is 35.5. The predicted octanol–water partition coefficient (Wildman–Crippen LogP) is 6.14. The molecule has 0 saturated carbocycles. The molecule has 0 bridgehead atoms. The van der Waals surface area contributed by atoms with Crippen LogP contribution in [0.15, 0.2) is 55.1 Å². The Morgan fingerprint density at radius 3 is 2.06 bits per heavy atom. The van der Waals surface area contributed by atoms with E-state index in [9.17, 15) is 0 Å². The molecule has 0 spiro atoms. The molecular formula is C30H44Cl2N4. The minimum Gasteiger partial charge on any atom is -1.00 e. The standard InChI is InChI=1S/C30H44ClN4.ClH/c1-3-5-7-9-12-21-33-24-20-32-29(33)30-34(22-13-10-8-6-4-2)25-26-35(30)23-14-11-15-27-16-18-28(31)19-17-27;/h11,15-20,24-26H,3-10,12-14,21-23H2,1-2H3;1H/q+1;/p-1/b15-11+;. The molecule has 3 rings (SSSR count). The number of aromatic nitrogens is 4. The lowest BCUT2D eigenvalue weighted by Gasteiger charge is -2.09. The number of hydrogen-bond donors (Lipinski definition) is 0. The first kappa shape index (κ1) is 30.2. The van der Waals surface area contributed by atoms with Crippen molar-refractivity contribution in [3.8, 4) is 11.6 Å². The summed E-state index contributed by atoms with van der Waals surface area (Å²) in [5.74, 6) is 2.33. The van der Waals surface area contributed by atoms with Crippen LogP contribution in [-0.4, -0.2) is 18.7 Å². The quantitative estimate of drug-likeness (QED) is 0.152. The van der Waals surface area contributed by atoms with Crippen molar-refractivity contribution in [2.75, 3.05) is 0 Å². The molecule has 3 aromatic rings. The van der Waals surface area contributed by atoms with Crippen molar-refractivity contribution in [3.63, 3.8) is 0 Å². The number of aryl methyl sites for hydroxylation is 3. The fourth-order valence-corrected chi connectivity index (χ4v) is 4.69.